The molecule has 0 aliphatic rings. The highest BCUT2D eigenvalue weighted by Crippen LogP contribution is 2.34. The van der Waals surface area contributed by atoms with E-state index in [0.717, 1.165) is 0 Å². The summed E-state index contributed by atoms with van der Waals surface area (Å²) in [6.07, 6.45) is 0. The van der Waals surface area contributed by atoms with Crippen LogP contribution in [0.15, 0.2) is 29.8 Å². The van der Waals surface area contributed by atoms with Gasteiger partial charge in [-0.25, -0.2) is 9.18 Å². The highest BCUT2D eigenvalue weighted by Gasteiger charge is 2.21. The van der Waals surface area contributed by atoms with Crippen LogP contribution in [0.4, 0.5) is 4.39 Å². The maximum Gasteiger partial charge on any atom is 0.349 e. The molecule has 0 unspecified atom stereocenters. The van der Waals surface area contributed by atoms with Crippen molar-refractivity contribution in [2.45, 2.75) is 6.61 Å². The number of esters is 1. The van der Waals surface area contributed by atoms with Crippen molar-refractivity contribution < 1.29 is 18.7 Å². The molecule has 0 aliphatic carbocycles. The van der Waals surface area contributed by atoms with Crippen LogP contribution < -0.4 is 0 Å². The zero-order valence-corrected chi connectivity index (χ0v) is 12.3. The lowest BCUT2D eigenvalue weighted by Crippen LogP contribution is -2.07. The quantitative estimate of drug-likeness (QED) is 0.780. The lowest BCUT2D eigenvalue weighted by Gasteiger charge is -2.05. The van der Waals surface area contributed by atoms with Crippen molar-refractivity contribution in [3.05, 3.63) is 46.1 Å². The first-order valence-corrected chi connectivity index (χ1v) is 6.93. The van der Waals surface area contributed by atoms with Gasteiger partial charge >= 0.3 is 5.97 Å². The molecule has 106 valence electrons. The third kappa shape index (κ3) is 3.00. The molecule has 0 amide bonds. The molecule has 0 aliphatic heterocycles. The minimum absolute atomic E-state index is 0.0798. The van der Waals surface area contributed by atoms with Gasteiger partial charge in [-0.1, -0.05) is 24.2 Å². The van der Waals surface area contributed by atoms with Crippen LogP contribution in [0.2, 0.25) is 0 Å². The Morgan fingerprint density at radius 2 is 2.25 bits per heavy atom. The SMILES string of the molecule is C=C(Cl)COC(=O)c1sc2cccc(F)c2c1COC. The van der Waals surface area contributed by atoms with Crippen LogP contribution in [0.5, 0.6) is 0 Å². The second kappa shape index (κ2) is 6.35. The molecule has 3 nitrogen and oxygen atoms in total. The molecular weight excluding hydrogens is 303 g/mol. The summed E-state index contributed by atoms with van der Waals surface area (Å²) in [4.78, 5) is 12.4. The van der Waals surface area contributed by atoms with E-state index >= 15 is 0 Å². The second-order valence-corrected chi connectivity index (χ2v) is 5.64. The predicted molar refractivity (Wildman–Crippen MR) is 77.8 cm³/mol. The van der Waals surface area contributed by atoms with Crippen LogP contribution in [0.1, 0.15) is 15.2 Å². The first-order chi connectivity index (χ1) is 9.54. The highest BCUT2D eigenvalue weighted by atomic mass is 35.5. The summed E-state index contributed by atoms with van der Waals surface area (Å²) in [5.41, 5.74) is 0.496. The number of ether oxygens (including phenoxy) is 2. The van der Waals surface area contributed by atoms with Crippen molar-refractivity contribution >= 4 is 39.0 Å². The van der Waals surface area contributed by atoms with E-state index in [0.29, 0.717) is 20.5 Å². The van der Waals surface area contributed by atoms with E-state index in [2.05, 4.69) is 6.58 Å². The van der Waals surface area contributed by atoms with Gasteiger partial charge in [-0.15, -0.1) is 11.3 Å². The van der Waals surface area contributed by atoms with Gasteiger partial charge in [-0.3, -0.25) is 0 Å². The summed E-state index contributed by atoms with van der Waals surface area (Å²) in [5, 5.41) is 0.620. The van der Waals surface area contributed by atoms with Gasteiger partial charge in [0.15, 0.2) is 0 Å². The Labute approximate surface area is 124 Å². The zero-order valence-electron chi connectivity index (χ0n) is 10.7. The Bertz CT molecular complexity index is 666. The second-order valence-electron chi connectivity index (χ2n) is 4.05. The van der Waals surface area contributed by atoms with Crippen molar-refractivity contribution in [3.8, 4) is 0 Å². The number of hydrogen-bond donors (Lipinski definition) is 0. The Kier molecular flexibility index (Phi) is 4.75. The standard InChI is InChI=1S/C14H12ClFO3S/c1-8(15)6-19-14(17)13-9(7-18-2)12-10(16)4-3-5-11(12)20-13/h3-5H,1,6-7H2,2H3. The predicted octanol–water partition coefficient (Wildman–Crippen LogP) is 4.10. The van der Waals surface area contributed by atoms with Crippen molar-refractivity contribution in [1.29, 1.82) is 0 Å². The molecule has 0 fully saturated rings. The number of thiophene rings is 1. The fraction of sp³-hybridized carbons (Fsp3) is 0.214. The lowest BCUT2D eigenvalue weighted by molar-refractivity contribution is 0.0547. The highest BCUT2D eigenvalue weighted by molar-refractivity contribution is 7.21. The average Bonchev–Trinajstić information content (AvgIpc) is 2.77. The topological polar surface area (TPSA) is 35.5 Å². The first kappa shape index (κ1) is 15.0. The van der Waals surface area contributed by atoms with E-state index in [1.807, 2.05) is 0 Å². The maximum atomic E-state index is 13.9. The minimum atomic E-state index is -0.556. The Morgan fingerprint density at radius 3 is 2.90 bits per heavy atom. The monoisotopic (exact) mass is 314 g/mol. The number of halogens is 2. The van der Waals surface area contributed by atoms with Gasteiger partial charge in [0.2, 0.25) is 0 Å². The van der Waals surface area contributed by atoms with Crippen LogP contribution in [0.25, 0.3) is 10.1 Å². The number of benzene rings is 1. The van der Waals surface area contributed by atoms with Gasteiger partial charge in [0, 0.05) is 27.8 Å². The molecule has 6 heteroatoms. The van der Waals surface area contributed by atoms with Crippen LogP contribution >= 0.6 is 22.9 Å². The fourth-order valence-electron chi connectivity index (χ4n) is 1.82. The van der Waals surface area contributed by atoms with Crippen LogP contribution in [0.3, 0.4) is 0 Å². The summed E-state index contributed by atoms with van der Waals surface area (Å²) in [5.74, 6) is -0.939. The van der Waals surface area contributed by atoms with Crippen molar-refractivity contribution in [2.75, 3.05) is 13.7 Å². The molecule has 1 heterocycles. The molecule has 0 saturated carbocycles. The van der Waals surface area contributed by atoms with Crippen LogP contribution in [0, 0.1) is 5.82 Å². The van der Waals surface area contributed by atoms with Crippen LogP contribution in [-0.2, 0) is 16.1 Å². The van der Waals surface area contributed by atoms with Gasteiger partial charge in [0.05, 0.1) is 6.61 Å². The molecule has 1 aromatic heterocycles. The summed E-state index contributed by atoms with van der Waals surface area (Å²) in [6.45, 7) is 3.50. The number of carbonyl (C=O) groups excluding carboxylic acids is 1. The van der Waals surface area contributed by atoms with Gasteiger partial charge in [0.1, 0.15) is 17.3 Å². The normalized spacial score (nSPS) is 10.8. The lowest BCUT2D eigenvalue weighted by atomic mass is 10.1. The molecule has 2 rings (SSSR count). The van der Waals surface area contributed by atoms with E-state index in [1.54, 1.807) is 12.1 Å². The Balaban J connectivity index is 2.46. The Morgan fingerprint density at radius 1 is 1.50 bits per heavy atom. The van der Waals surface area contributed by atoms with Gasteiger partial charge in [0.25, 0.3) is 0 Å². The molecular formula is C14H12ClFO3S. The van der Waals surface area contributed by atoms with Gasteiger partial charge in [-0.05, 0) is 12.1 Å². The smallest absolute Gasteiger partial charge is 0.349 e. The molecule has 0 spiro atoms. The fourth-order valence-corrected chi connectivity index (χ4v) is 2.99. The van der Waals surface area contributed by atoms with E-state index in [1.165, 1.54) is 24.5 Å². The molecule has 20 heavy (non-hydrogen) atoms. The molecule has 2 aromatic rings. The molecule has 0 radical (unpaired) electrons. The molecule has 0 bridgehead atoms. The third-order valence-electron chi connectivity index (χ3n) is 2.60. The van der Waals surface area contributed by atoms with E-state index in [9.17, 15) is 9.18 Å². The summed E-state index contributed by atoms with van der Waals surface area (Å²) in [6, 6.07) is 4.70. The number of rotatable bonds is 5. The molecule has 0 N–H and O–H groups in total. The van der Waals surface area contributed by atoms with Gasteiger partial charge < -0.3 is 9.47 Å². The van der Waals surface area contributed by atoms with Crippen LogP contribution in [-0.4, -0.2) is 19.7 Å². The zero-order chi connectivity index (χ0) is 14.7. The number of fused-ring (bicyclic) bond motifs is 1. The number of carbonyl (C=O) groups is 1. The number of hydrogen-bond acceptors (Lipinski definition) is 4. The van der Waals surface area contributed by atoms with E-state index in [-0.39, 0.29) is 24.1 Å². The summed E-state index contributed by atoms with van der Waals surface area (Å²) < 4.78 is 24.7. The van der Waals surface area contributed by atoms with Crippen molar-refractivity contribution in [1.82, 2.24) is 0 Å². The summed E-state index contributed by atoms with van der Waals surface area (Å²) >= 11 is 6.73. The van der Waals surface area contributed by atoms with Gasteiger partial charge in [-0.2, -0.15) is 0 Å². The molecule has 1 aromatic carbocycles. The molecule has 0 atom stereocenters. The van der Waals surface area contributed by atoms with E-state index in [4.69, 9.17) is 21.1 Å². The first-order valence-electron chi connectivity index (χ1n) is 5.73. The largest absolute Gasteiger partial charge is 0.456 e. The third-order valence-corrected chi connectivity index (χ3v) is 3.88. The van der Waals surface area contributed by atoms with E-state index < -0.39 is 5.97 Å². The minimum Gasteiger partial charge on any atom is -0.456 e. The maximum absolute atomic E-state index is 13.9. The average molecular weight is 315 g/mol. The Hall–Kier alpha value is -1.43. The van der Waals surface area contributed by atoms with Crippen molar-refractivity contribution in [2.24, 2.45) is 0 Å². The molecule has 0 saturated heterocycles. The summed E-state index contributed by atoms with van der Waals surface area (Å²) in [7, 11) is 1.49. The number of methoxy groups -OCH3 is 1. The van der Waals surface area contributed by atoms with Crippen molar-refractivity contribution in [3.63, 3.8) is 0 Å².